The maximum Gasteiger partial charge on any atom is 0.152 e. The first kappa shape index (κ1) is 7.28. The number of aldehydes is 1. The van der Waals surface area contributed by atoms with Crippen LogP contribution in [0.2, 0.25) is 0 Å². The summed E-state index contributed by atoms with van der Waals surface area (Å²) in [5.41, 5.74) is 1.68. The van der Waals surface area contributed by atoms with Crippen LogP contribution in [0.5, 0.6) is 0 Å². The average molecular weight is 162 g/mol. The van der Waals surface area contributed by atoms with Crippen LogP contribution in [0.1, 0.15) is 16.8 Å². The lowest BCUT2D eigenvalue weighted by Crippen LogP contribution is -2.32. The molecule has 0 aliphatic carbocycles. The Morgan fingerprint density at radius 2 is 2.50 bits per heavy atom. The second-order valence-electron chi connectivity index (χ2n) is 2.92. The van der Waals surface area contributed by atoms with Crippen molar-refractivity contribution in [2.75, 3.05) is 6.54 Å². The van der Waals surface area contributed by atoms with Crippen LogP contribution in [-0.2, 0) is 7.05 Å². The first-order valence-corrected chi connectivity index (χ1v) is 3.98. The molecule has 12 heavy (non-hydrogen) atoms. The minimum Gasteiger partial charge on any atom is -0.335 e. The fourth-order valence-electron chi connectivity index (χ4n) is 1.54. The van der Waals surface area contributed by atoms with Gasteiger partial charge in [0.1, 0.15) is 5.49 Å². The highest BCUT2D eigenvalue weighted by Gasteiger charge is 2.04. The zero-order valence-electron chi connectivity index (χ0n) is 6.95. The lowest BCUT2D eigenvalue weighted by Gasteiger charge is -1.95. The molecule has 3 heteroatoms. The quantitative estimate of drug-likeness (QED) is 0.519. The molecule has 0 radical (unpaired) electrons. The molecule has 1 aromatic rings. The van der Waals surface area contributed by atoms with Gasteiger partial charge in [-0.2, -0.15) is 0 Å². The number of carbonyl (C=O) groups is 1. The molecule has 1 aliphatic rings. The lowest BCUT2D eigenvalue weighted by atomic mass is 10.2. The van der Waals surface area contributed by atoms with Crippen LogP contribution in [0.3, 0.4) is 0 Å². The van der Waals surface area contributed by atoms with Crippen molar-refractivity contribution < 1.29 is 4.79 Å². The van der Waals surface area contributed by atoms with Gasteiger partial charge >= 0.3 is 0 Å². The monoisotopic (exact) mass is 162 g/mol. The maximum absolute atomic E-state index is 10.6. The molecule has 1 aromatic heterocycles. The number of aromatic nitrogens is 1. The van der Waals surface area contributed by atoms with Crippen molar-refractivity contribution in [3.63, 3.8) is 0 Å². The Balaban J connectivity index is 2.88. The Morgan fingerprint density at radius 3 is 3.25 bits per heavy atom. The molecule has 0 unspecified atom stereocenters. The van der Waals surface area contributed by atoms with Crippen molar-refractivity contribution in [2.24, 2.45) is 12.0 Å². The molecule has 0 saturated carbocycles. The predicted molar refractivity (Wildman–Crippen MR) is 45.5 cm³/mol. The molecular weight excluding hydrogens is 152 g/mol. The second kappa shape index (κ2) is 2.59. The molecule has 62 valence electrons. The minimum atomic E-state index is 0.746. The highest BCUT2D eigenvalue weighted by Crippen LogP contribution is 1.90. The van der Waals surface area contributed by atoms with Crippen LogP contribution >= 0.6 is 0 Å². The molecule has 0 N–H and O–H groups in total. The van der Waals surface area contributed by atoms with Gasteiger partial charge in [0, 0.05) is 30.6 Å². The van der Waals surface area contributed by atoms with Crippen molar-refractivity contribution in [1.82, 2.24) is 4.57 Å². The highest BCUT2D eigenvalue weighted by atomic mass is 16.1. The molecule has 0 saturated heterocycles. The van der Waals surface area contributed by atoms with Gasteiger partial charge in [-0.3, -0.25) is 9.79 Å². The van der Waals surface area contributed by atoms with Crippen LogP contribution in [0.4, 0.5) is 0 Å². The van der Waals surface area contributed by atoms with E-state index in [0.29, 0.717) is 0 Å². The van der Waals surface area contributed by atoms with Crippen LogP contribution in [-0.4, -0.2) is 17.4 Å². The molecule has 0 atom stereocenters. The number of hydrogen-bond acceptors (Lipinski definition) is 2. The van der Waals surface area contributed by atoms with E-state index in [0.717, 1.165) is 35.5 Å². The Bertz CT molecular complexity index is 428. The van der Waals surface area contributed by atoms with Gasteiger partial charge in [-0.15, -0.1) is 0 Å². The topological polar surface area (TPSA) is 34.4 Å². The summed E-state index contributed by atoms with van der Waals surface area (Å²) in [6.45, 7) is 0.836. The summed E-state index contributed by atoms with van der Waals surface area (Å²) >= 11 is 0. The maximum atomic E-state index is 10.6. The number of hydrogen-bond donors (Lipinski definition) is 0. The van der Waals surface area contributed by atoms with E-state index in [2.05, 4.69) is 11.1 Å². The molecule has 0 spiro atoms. The summed E-state index contributed by atoms with van der Waals surface area (Å²) in [6.07, 6.45) is 5.73. The molecular formula is C9H10N2O. The molecule has 0 fully saturated rings. The van der Waals surface area contributed by atoms with Crippen molar-refractivity contribution in [3.8, 4) is 0 Å². The third-order valence-corrected chi connectivity index (χ3v) is 2.08. The first-order valence-electron chi connectivity index (χ1n) is 3.98. The van der Waals surface area contributed by atoms with Gasteiger partial charge in [0.2, 0.25) is 0 Å². The Hall–Kier alpha value is -1.38. The number of nitrogens with zero attached hydrogens (tertiary/aromatic N) is 2. The van der Waals surface area contributed by atoms with Gasteiger partial charge in [0.15, 0.2) is 6.29 Å². The summed E-state index contributed by atoms with van der Waals surface area (Å²) < 4.78 is 1.90. The number of fused-ring (bicyclic) bond motifs is 1. The third kappa shape index (κ3) is 0.897. The van der Waals surface area contributed by atoms with E-state index in [1.165, 1.54) is 0 Å². The normalized spacial score (nSPS) is 14.4. The second-order valence-corrected chi connectivity index (χ2v) is 2.92. The van der Waals surface area contributed by atoms with Gasteiger partial charge in [-0.25, -0.2) is 0 Å². The Labute approximate surface area is 70.0 Å². The van der Waals surface area contributed by atoms with Crippen molar-refractivity contribution in [3.05, 3.63) is 22.5 Å². The zero-order chi connectivity index (χ0) is 8.55. The van der Waals surface area contributed by atoms with Gasteiger partial charge in [0.25, 0.3) is 0 Å². The minimum absolute atomic E-state index is 0.746. The molecule has 0 bridgehead atoms. The van der Waals surface area contributed by atoms with E-state index < -0.39 is 0 Å². The summed E-state index contributed by atoms with van der Waals surface area (Å²) in [4.78, 5) is 15.0. The number of aryl methyl sites for hydroxylation is 1. The summed E-state index contributed by atoms with van der Waals surface area (Å²) in [6, 6.07) is 0. The summed E-state index contributed by atoms with van der Waals surface area (Å²) in [7, 11) is 1.91. The average Bonchev–Trinajstić information content (AvgIpc) is 2.44. The molecule has 2 rings (SSSR count). The molecule has 0 aromatic carbocycles. The van der Waals surface area contributed by atoms with Crippen LogP contribution in [0, 0.1) is 0 Å². The SMILES string of the molecule is Cn1cc(C=O)c2c1=NCCC=2. The number of rotatable bonds is 1. The van der Waals surface area contributed by atoms with E-state index >= 15 is 0 Å². The molecule has 3 nitrogen and oxygen atoms in total. The van der Waals surface area contributed by atoms with Crippen molar-refractivity contribution >= 4 is 12.4 Å². The van der Waals surface area contributed by atoms with Gasteiger partial charge in [0.05, 0.1) is 0 Å². The zero-order valence-corrected chi connectivity index (χ0v) is 6.95. The standard InChI is InChI=1S/C9H10N2O/c1-11-5-7(6-12)8-3-2-4-10-9(8)11/h3,5-6H,2,4H2,1H3. The van der Waals surface area contributed by atoms with Gasteiger partial charge in [-0.1, -0.05) is 6.08 Å². The van der Waals surface area contributed by atoms with Crippen LogP contribution in [0.15, 0.2) is 11.2 Å². The van der Waals surface area contributed by atoms with E-state index in [-0.39, 0.29) is 0 Å². The largest absolute Gasteiger partial charge is 0.335 e. The Morgan fingerprint density at radius 1 is 1.67 bits per heavy atom. The van der Waals surface area contributed by atoms with E-state index in [4.69, 9.17) is 0 Å². The fraction of sp³-hybridized carbons (Fsp3) is 0.333. The summed E-state index contributed by atoms with van der Waals surface area (Å²) in [5.74, 6) is 0. The van der Waals surface area contributed by atoms with Crippen molar-refractivity contribution in [2.45, 2.75) is 6.42 Å². The first-order chi connectivity index (χ1) is 5.83. The Kier molecular flexibility index (Phi) is 1.57. The molecule has 2 heterocycles. The lowest BCUT2D eigenvalue weighted by molar-refractivity contribution is 0.112. The van der Waals surface area contributed by atoms with Crippen LogP contribution < -0.4 is 10.7 Å². The highest BCUT2D eigenvalue weighted by molar-refractivity contribution is 5.75. The van der Waals surface area contributed by atoms with Gasteiger partial charge in [-0.05, 0) is 6.42 Å². The number of carbonyl (C=O) groups excluding carboxylic acids is 1. The molecule has 0 amide bonds. The van der Waals surface area contributed by atoms with E-state index in [9.17, 15) is 4.79 Å². The fourth-order valence-corrected chi connectivity index (χ4v) is 1.54. The third-order valence-electron chi connectivity index (χ3n) is 2.08. The van der Waals surface area contributed by atoms with Crippen LogP contribution in [0.25, 0.3) is 6.08 Å². The van der Waals surface area contributed by atoms with E-state index in [1.54, 1.807) is 0 Å². The van der Waals surface area contributed by atoms with E-state index in [1.807, 2.05) is 17.8 Å². The predicted octanol–water partition coefficient (Wildman–Crippen LogP) is -0.359. The molecule has 1 aliphatic heterocycles. The smallest absolute Gasteiger partial charge is 0.152 e. The van der Waals surface area contributed by atoms with Crippen molar-refractivity contribution in [1.29, 1.82) is 0 Å². The van der Waals surface area contributed by atoms with Gasteiger partial charge < -0.3 is 4.57 Å². The summed E-state index contributed by atoms with van der Waals surface area (Å²) in [5, 5.41) is 0.999.